The molecule has 0 radical (unpaired) electrons. The summed E-state index contributed by atoms with van der Waals surface area (Å²) in [6, 6.07) is 7.76. The average molecular weight is 135 g/mol. The highest BCUT2D eigenvalue weighted by atomic mass is 14.8. The number of hydrogen-bond acceptors (Lipinski definition) is 1. The van der Waals surface area contributed by atoms with Crippen molar-refractivity contribution in [1.82, 2.24) is 0 Å². The number of benzene rings is 1. The fourth-order valence-corrected chi connectivity index (χ4v) is 0.806. The Morgan fingerprint density at radius 3 is 2.40 bits per heavy atom. The van der Waals surface area contributed by atoms with Crippen LogP contribution in [-0.4, -0.2) is 7.05 Å². The Hall–Kier alpha value is -1.02. The third kappa shape index (κ3) is 1.74. The Morgan fingerprint density at radius 1 is 1.30 bits per heavy atom. The SMILES string of the molecule is C[N-]Cc1ccc(N)cc1. The van der Waals surface area contributed by atoms with Gasteiger partial charge in [-0.2, -0.15) is 7.05 Å². The molecule has 1 rings (SSSR count). The normalized spacial score (nSPS) is 9.70. The molecule has 1 aromatic rings. The molecule has 0 heterocycles. The molecule has 2 heteroatoms. The molecule has 2 N–H and O–H groups in total. The minimum atomic E-state index is 0.778. The molecule has 2 nitrogen and oxygen atoms in total. The zero-order chi connectivity index (χ0) is 7.40. The maximum absolute atomic E-state index is 5.49. The third-order valence-electron chi connectivity index (χ3n) is 1.32. The largest absolute Gasteiger partial charge is 0.661 e. The monoisotopic (exact) mass is 135 g/mol. The van der Waals surface area contributed by atoms with Crippen molar-refractivity contribution in [2.45, 2.75) is 6.54 Å². The molecule has 10 heavy (non-hydrogen) atoms. The molecule has 0 bridgehead atoms. The Morgan fingerprint density at radius 2 is 1.90 bits per heavy atom. The summed E-state index contributed by atoms with van der Waals surface area (Å²) in [4.78, 5) is 0. The van der Waals surface area contributed by atoms with Gasteiger partial charge in [0.05, 0.1) is 0 Å². The topological polar surface area (TPSA) is 40.1 Å². The standard InChI is InChI=1S/C8H11N2/c1-10-6-7-2-4-8(9)5-3-7/h2-5H,6,9H2,1H3/q-1. The first-order valence-electron chi connectivity index (χ1n) is 3.23. The van der Waals surface area contributed by atoms with Gasteiger partial charge < -0.3 is 11.1 Å². The van der Waals surface area contributed by atoms with E-state index in [4.69, 9.17) is 5.73 Å². The van der Waals surface area contributed by atoms with E-state index in [0.29, 0.717) is 0 Å². The predicted octanol–water partition coefficient (Wildman–Crippen LogP) is 1.77. The Bertz CT molecular complexity index is 191. The van der Waals surface area contributed by atoms with E-state index in [-0.39, 0.29) is 0 Å². The molecule has 0 unspecified atom stereocenters. The molecular weight excluding hydrogens is 124 g/mol. The molecule has 0 aromatic heterocycles. The van der Waals surface area contributed by atoms with Crippen LogP contribution in [0.1, 0.15) is 5.56 Å². The summed E-state index contributed by atoms with van der Waals surface area (Å²) < 4.78 is 0. The number of nitrogens with zero attached hydrogens (tertiary/aromatic N) is 1. The maximum Gasteiger partial charge on any atom is 0.0314 e. The third-order valence-corrected chi connectivity index (χ3v) is 1.32. The van der Waals surface area contributed by atoms with Gasteiger partial charge in [-0.25, -0.2) is 0 Å². The molecule has 54 valence electrons. The molecule has 0 aliphatic heterocycles. The van der Waals surface area contributed by atoms with Crippen LogP contribution in [0.4, 0.5) is 5.69 Å². The minimum absolute atomic E-state index is 0.778. The van der Waals surface area contributed by atoms with Gasteiger partial charge in [0.1, 0.15) is 0 Å². The number of anilines is 1. The summed E-state index contributed by atoms with van der Waals surface area (Å²) in [7, 11) is 1.80. The van der Waals surface area contributed by atoms with Gasteiger partial charge in [0.15, 0.2) is 0 Å². The van der Waals surface area contributed by atoms with Crippen LogP contribution in [0.15, 0.2) is 24.3 Å². The second-order valence-electron chi connectivity index (χ2n) is 2.22. The first kappa shape index (κ1) is 7.09. The summed E-state index contributed by atoms with van der Waals surface area (Å²) in [5.74, 6) is 0. The van der Waals surface area contributed by atoms with Crippen molar-refractivity contribution in [1.29, 1.82) is 0 Å². The van der Waals surface area contributed by atoms with Gasteiger partial charge in [-0.05, 0) is 12.1 Å². The molecule has 0 fully saturated rings. The van der Waals surface area contributed by atoms with Crippen LogP contribution in [0.25, 0.3) is 5.32 Å². The van der Waals surface area contributed by atoms with Crippen LogP contribution >= 0.6 is 0 Å². The van der Waals surface area contributed by atoms with Gasteiger partial charge in [-0.3, -0.25) is 0 Å². The highest BCUT2D eigenvalue weighted by Crippen LogP contribution is 2.07. The minimum Gasteiger partial charge on any atom is -0.661 e. The molecule has 0 aliphatic rings. The molecule has 0 saturated heterocycles. The summed E-state index contributed by atoms with van der Waals surface area (Å²) in [5, 5.41) is 3.99. The smallest absolute Gasteiger partial charge is 0.0314 e. The molecule has 0 saturated carbocycles. The lowest BCUT2D eigenvalue weighted by Gasteiger charge is -2.10. The zero-order valence-corrected chi connectivity index (χ0v) is 6.04. The summed E-state index contributed by atoms with van der Waals surface area (Å²) in [6.45, 7) is 0.778. The van der Waals surface area contributed by atoms with E-state index in [1.165, 1.54) is 5.56 Å². The second-order valence-corrected chi connectivity index (χ2v) is 2.22. The Balaban J connectivity index is 2.69. The fraction of sp³-hybridized carbons (Fsp3) is 0.250. The molecule has 0 spiro atoms. The first-order valence-corrected chi connectivity index (χ1v) is 3.23. The molecule has 0 amide bonds. The number of hydrogen-bond donors (Lipinski definition) is 1. The van der Waals surface area contributed by atoms with Crippen LogP contribution in [-0.2, 0) is 6.54 Å². The lowest BCUT2D eigenvalue weighted by molar-refractivity contribution is 1.19. The summed E-state index contributed by atoms with van der Waals surface area (Å²) in [6.07, 6.45) is 0. The number of nitrogen functional groups attached to an aromatic ring is 1. The quantitative estimate of drug-likeness (QED) is 0.617. The van der Waals surface area contributed by atoms with E-state index in [9.17, 15) is 0 Å². The fourth-order valence-electron chi connectivity index (χ4n) is 0.806. The Kier molecular flexibility index (Phi) is 2.29. The zero-order valence-electron chi connectivity index (χ0n) is 6.04. The summed E-state index contributed by atoms with van der Waals surface area (Å²) >= 11 is 0. The lowest BCUT2D eigenvalue weighted by Crippen LogP contribution is -1.85. The average Bonchev–Trinajstić information content (AvgIpc) is 1.95. The predicted molar refractivity (Wildman–Crippen MR) is 43.8 cm³/mol. The van der Waals surface area contributed by atoms with E-state index in [1.807, 2.05) is 24.3 Å². The molecular formula is C8H11N2-. The number of nitrogens with two attached hydrogens (primary N) is 1. The maximum atomic E-state index is 5.49. The van der Waals surface area contributed by atoms with Crippen molar-refractivity contribution in [2.24, 2.45) is 0 Å². The highest BCUT2D eigenvalue weighted by Gasteiger charge is 1.83. The van der Waals surface area contributed by atoms with Crippen molar-refractivity contribution < 1.29 is 0 Å². The van der Waals surface area contributed by atoms with Gasteiger partial charge >= 0.3 is 0 Å². The summed E-state index contributed by atoms with van der Waals surface area (Å²) in [5.41, 5.74) is 7.50. The highest BCUT2D eigenvalue weighted by molar-refractivity contribution is 5.39. The van der Waals surface area contributed by atoms with Crippen molar-refractivity contribution in [3.8, 4) is 0 Å². The lowest BCUT2D eigenvalue weighted by atomic mass is 10.2. The van der Waals surface area contributed by atoms with Crippen LogP contribution in [0.5, 0.6) is 0 Å². The molecule has 1 aromatic carbocycles. The van der Waals surface area contributed by atoms with E-state index >= 15 is 0 Å². The number of rotatable bonds is 2. The van der Waals surface area contributed by atoms with Crippen LogP contribution in [0.3, 0.4) is 0 Å². The van der Waals surface area contributed by atoms with E-state index in [2.05, 4.69) is 5.32 Å². The van der Waals surface area contributed by atoms with Gasteiger partial charge in [0, 0.05) is 5.69 Å². The molecule has 0 aliphatic carbocycles. The van der Waals surface area contributed by atoms with Crippen molar-refractivity contribution in [2.75, 3.05) is 12.8 Å². The van der Waals surface area contributed by atoms with Crippen molar-refractivity contribution in [3.05, 3.63) is 35.1 Å². The molecule has 0 atom stereocenters. The van der Waals surface area contributed by atoms with Crippen molar-refractivity contribution in [3.63, 3.8) is 0 Å². The van der Waals surface area contributed by atoms with Gasteiger partial charge in [-0.15, -0.1) is 6.54 Å². The van der Waals surface area contributed by atoms with Crippen LogP contribution in [0, 0.1) is 0 Å². The van der Waals surface area contributed by atoms with Gasteiger partial charge in [0.25, 0.3) is 0 Å². The van der Waals surface area contributed by atoms with E-state index in [1.54, 1.807) is 7.05 Å². The van der Waals surface area contributed by atoms with Crippen LogP contribution < -0.4 is 5.73 Å². The van der Waals surface area contributed by atoms with E-state index in [0.717, 1.165) is 12.2 Å². The van der Waals surface area contributed by atoms with Gasteiger partial charge in [-0.1, -0.05) is 17.7 Å². The van der Waals surface area contributed by atoms with Crippen LogP contribution in [0.2, 0.25) is 0 Å². The second kappa shape index (κ2) is 3.22. The first-order chi connectivity index (χ1) is 4.83. The van der Waals surface area contributed by atoms with Gasteiger partial charge in [0.2, 0.25) is 0 Å². The Labute approximate surface area is 61.1 Å². The van der Waals surface area contributed by atoms with Crippen molar-refractivity contribution >= 4 is 5.69 Å². The van der Waals surface area contributed by atoms with E-state index < -0.39 is 0 Å².